The highest BCUT2D eigenvalue weighted by Crippen LogP contribution is 2.23. The van der Waals surface area contributed by atoms with Crippen LogP contribution in [0, 0.1) is 0 Å². The van der Waals surface area contributed by atoms with Gasteiger partial charge in [-0.3, -0.25) is 0 Å². The Labute approximate surface area is 78.2 Å². The zero-order chi connectivity index (χ0) is 9.68. The van der Waals surface area contributed by atoms with Gasteiger partial charge in [0, 0.05) is 12.0 Å². The zero-order valence-corrected chi connectivity index (χ0v) is 7.79. The van der Waals surface area contributed by atoms with Gasteiger partial charge in [0.15, 0.2) is 0 Å². The average Bonchev–Trinajstić information content (AvgIpc) is 2.13. The molecule has 1 rings (SSSR count). The van der Waals surface area contributed by atoms with Crippen LogP contribution in [-0.4, -0.2) is 11.4 Å². The number of carbonyl (C=O) groups excluding carboxylic acids is 1. The van der Waals surface area contributed by atoms with Crippen molar-refractivity contribution in [3.63, 3.8) is 0 Å². The molecule has 0 aliphatic carbocycles. The van der Waals surface area contributed by atoms with Gasteiger partial charge in [0.2, 0.25) is 0 Å². The van der Waals surface area contributed by atoms with Crippen LogP contribution in [0.5, 0.6) is 5.75 Å². The molecule has 2 heteroatoms. The highest BCUT2D eigenvalue weighted by molar-refractivity contribution is 5.58. The fourth-order valence-electron chi connectivity index (χ4n) is 1.37. The number of aldehydes is 1. The molecular weight excluding hydrogens is 164 g/mol. The van der Waals surface area contributed by atoms with Crippen molar-refractivity contribution in [3.8, 4) is 5.75 Å². The second-order valence-electron chi connectivity index (χ2n) is 3.05. The molecule has 1 aromatic rings. The summed E-state index contributed by atoms with van der Waals surface area (Å²) in [4.78, 5) is 10.3. The Kier molecular flexibility index (Phi) is 3.50. The standard InChI is InChI=1S/C11H14O2/c1-2-4-9-5-3-6-10(7-8-12)11(9)13/h3,5-6,8,13H,2,4,7H2,1H3. The molecule has 0 atom stereocenters. The second kappa shape index (κ2) is 4.65. The van der Waals surface area contributed by atoms with Gasteiger partial charge >= 0.3 is 0 Å². The molecule has 0 spiro atoms. The topological polar surface area (TPSA) is 37.3 Å². The van der Waals surface area contributed by atoms with E-state index in [9.17, 15) is 9.90 Å². The van der Waals surface area contributed by atoms with Crippen LogP contribution in [0.25, 0.3) is 0 Å². The van der Waals surface area contributed by atoms with Gasteiger partial charge in [-0.15, -0.1) is 0 Å². The molecule has 70 valence electrons. The Balaban J connectivity index is 2.95. The first-order chi connectivity index (χ1) is 6.29. The quantitative estimate of drug-likeness (QED) is 0.717. The highest BCUT2D eigenvalue weighted by Gasteiger charge is 2.04. The van der Waals surface area contributed by atoms with Gasteiger partial charge in [-0.2, -0.15) is 0 Å². The van der Waals surface area contributed by atoms with Crippen LogP contribution >= 0.6 is 0 Å². The van der Waals surface area contributed by atoms with Crippen molar-refractivity contribution in [1.29, 1.82) is 0 Å². The average molecular weight is 178 g/mol. The normalized spacial score (nSPS) is 9.92. The van der Waals surface area contributed by atoms with Crippen LogP contribution in [0.3, 0.4) is 0 Å². The van der Waals surface area contributed by atoms with E-state index in [1.54, 1.807) is 6.07 Å². The first-order valence-electron chi connectivity index (χ1n) is 4.53. The summed E-state index contributed by atoms with van der Waals surface area (Å²) in [5, 5.41) is 9.69. The number of hydrogen-bond donors (Lipinski definition) is 1. The van der Waals surface area contributed by atoms with E-state index >= 15 is 0 Å². The minimum Gasteiger partial charge on any atom is -0.507 e. The van der Waals surface area contributed by atoms with Crippen LogP contribution in [0.15, 0.2) is 18.2 Å². The Morgan fingerprint density at radius 2 is 2.08 bits per heavy atom. The second-order valence-corrected chi connectivity index (χ2v) is 3.05. The molecule has 0 bridgehead atoms. The monoisotopic (exact) mass is 178 g/mol. The predicted molar refractivity (Wildman–Crippen MR) is 51.9 cm³/mol. The molecular formula is C11H14O2. The van der Waals surface area contributed by atoms with E-state index in [4.69, 9.17) is 0 Å². The number of carbonyl (C=O) groups is 1. The van der Waals surface area contributed by atoms with Crippen molar-refractivity contribution in [2.75, 3.05) is 0 Å². The van der Waals surface area contributed by atoms with Crippen molar-refractivity contribution in [1.82, 2.24) is 0 Å². The molecule has 0 saturated carbocycles. The number of benzene rings is 1. The summed E-state index contributed by atoms with van der Waals surface area (Å²) in [6.45, 7) is 2.06. The van der Waals surface area contributed by atoms with Crippen LogP contribution in [0.2, 0.25) is 0 Å². The molecule has 0 heterocycles. The highest BCUT2D eigenvalue weighted by atomic mass is 16.3. The fourth-order valence-corrected chi connectivity index (χ4v) is 1.37. The number of hydrogen-bond acceptors (Lipinski definition) is 2. The lowest BCUT2D eigenvalue weighted by molar-refractivity contribution is -0.107. The summed E-state index contributed by atoms with van der Waals surface area (Å²) < 4.78 is 0. The molecule has 1 N–H and O–H groups in total. The molecule has 0 unspecified atom stereocenters. The van der Waals surface area contributed by atoms with Gasteiger partial charge in [-0.1, -0.05) is 31.5 Å². The van der Waals surface area contributed by atoms with E-state index < -0.39 is 0 Å². The number of phenols is 1. The van der Waals surface area contributed by atoms with Crippen molar-refractivity contribution in [2.45, 2.75) is 26.2 Å². The molecule has 0 aliphatic rings. The molecule has 0 saturated heterocycles. The summed E-state index contributed by atoms with van der Waals surface area (Å²) >= 11 is 0. The first-order valence-corrected chi connectivity index (χ1v) is 4.53. The lowest BCUT2D eigenvalue weighted by atomic mass is 10.0. The van der Waals surface area contributed by atoms with Crippen molar-refractivity contribution >= 4 is 6.29 Å². The van der Waals surface area contributed by atoms with Gasteiger partial charge in [0.25, 0.3) is 0 Å². The molecule has 13 heavy (non-hydrogen) atoms. The predicted octanol–water partition coefficient (Wildman–Crippen LogP) is 2.09. The molecule has 0 fully saturated rings. The Morgan fingerprint density at radius 1 is 1.38 bits per heavy atom. The van der Waals surface area contributed by atoms with Gasteiger partial charge in [-0.05, 0) is 12.0 Å². The van der Waals surface area contributed by atoms with Crippen LogP contribution in [-0.2, 0) is 17.6 Å². The summed E-state index contributed by atoms with van der Waals surface area (Å²) in [7, 11) is 0. The molecule has 1 aromatic carbocycles. The Morgan fingerprint density at radius 3 is 2.69 bits per heavy atom. The Hall–Kier alpha value is -1.31. The lowest BCUT2D eigenvalue weighted by Gasteiger charge is -2.06. The molecule has 0 aliphatic heterocycles. The first kappa shape index (κ1) is 9.78. The van der Waals surface area contributed by atoms with E-state index in [0.717, 1.165) is 30.3 Å². The van der Waals surface area contributed by atoms with Crippen LogP contribution in [0.4, 0.5) is 0 Å². The number of rotatable bonds is 4. The van der Waals surface area contributed by atoms with Gasteiger partial charge in [0.1, 0.15) is 12.0 Å². The molecule has 2 nitrogen and oxygen atoms in total. The third-order valence-electron chi connectivity index (χ3n) is 2.03. The summed E-state index contributed by atoms with van der Waals surface area (Å²) in [5.41, 5.74) is 1.66. The van der Waals surface area contributed by atoms with E-state index in [0.29, 0.717) is 6.42 Å². The lowest BCUT2D eigenvalue weighted by Crippen LogP contribution is -1.91. The number of aryl methyl sites for hydroxylation is 1. The van der Waals surface area contributed by atoms with Gasteiger partial charge in [0.05, 0.1) is 0 Å². The van der Waals surface area contributed by atoms with Crippen LogP contribution < -0.4 is 0 Å². The van der Waals surface area contributed by atoms with E-state index in [2.05, 4.69) is 6.92 Å². The number of phenolic OH excluding ortho intramolecular Hbond substituents is 1. The Bertz CT molecular complexity index is 292. The van der Waals surface area contributed by atoms with Crippen molar-refractivity contribution < 1.29 is 9.90 Å². The molecule has 0 aromatic heterocycles. The minimum absolute atomic E-state index is 0.288. The smallest absolute Gasteiger partial charge is 0.124 e. The van der Waals surface area contributed by atoms with Gasteiger partial charge in [-0.25, -0.2) is 0 Å². The van der Waals surface area contributed by atoms with E-state index in [1.165, 1.54) is 0 Å². The maximum Gasteiger partial charge on any atom is 0.124 e. The number of para-hydroxylation sites is 1. The maximum absolute atomic E-state index is 10.3. The largest absolute Gasteiger partial charge is 0.507 e. The maximum atomic E-state index is 10.3. The number of aromatic hydroxyl groups is 1. The third kappa shape index (κ3) is 2.31. The SMILES string of the molecule is CCCc1cccc(CC=O)c1O. The van der Waals surface area contributed by atoms with Crippen molar-refractivity contribution in [2.24, 2.45) is 0 Å². The summed E-state index contributed by atoms with van der Waals surface area (Å²) in [6, 6.07) is 5.56. The van der Waals surface area contributed by atoms with Gasteiger partial charge < -0.3 is 9.90 Å². The molecule has 0 radical (unpaired) electrons. The summed E-state index contributed by atoms with van der Waals surface area (Å²) in [6.07, 6.45) is 2.96. The van der Waals surface area contributed by atoms with E-state index in [-0.39, 0.29) is 5.75 Å². The fraction of sp³-hybridized carbons (Fsp3) is 0.364. The van der Waals surface area contributed by atoms with E-state index in [1.807, 2.05) is 12.1 Å². The van der Waals surface area contributed by atoms with Crippen molar-refractivity contribution in [3.05, 3.63) is 29.3 Å². The minimum atomic E-state index is 0.288. The van der Waals surface area contributed by atoms with Crippen LogP contribution in [0.1, 0.15) is 24.5 Å². The third-order valence-corrected chi connectivity index (χ3v) is 2.03. The zero-order valence-electron chi connectivity index (χ0n) is 7.79. The summed E-state index contributed by atoms with van der Waals surface area (Å²) in [5.74, 6) is 0.288. The molecule has 0 amide bonds.